The number of aliphatic hydroxyl groups is 1. The Morgan fingerprint density at radius 1 is 0.875 bits per heavy atom. The van der Waals surface area contributed by atoms with Crippen LogP contribution in [-0.2, 0) is 6.61 Å². The maximum Gasteiger partial charge on any atom is 0.193 e. The number of amidine groups is 2. The predicted octanol–water partition coefficient (Wildman–Crippen LogP) is 2.54. The van der Waals surface area contributed by atoms with E-state index in [0.29, 0.717) is 22.8 Å². The molecule has 0 atom stereocenters. The molecule has 0 unspecified atom stereocenters. The molecule has 0 amide bonds. The van der Waals surface area contributed by atoms with Gasteiger partial charge >= 0.3 is 0 Å². The van der Waals surface area contributed by atoms with Gasteiger partial charge in [0.25, 0.3) is 0 Å². The van der Waals surface area contributed by atoms with Crippen molar-refractivity contribution in [3.63, 3.8) is 0 Å². The van der Waals surface area contributed by atoms with Gasteiger partial charge in [-0.05, 0) is 11.6 Å². The van der Waals surface area contributed by atoms with E-state index in [2.05, 4.69) is 15.0 Å². The molecule has 0 bridgehead atoms. The molecule has 0 spiro atoms. The van der Waals surface area contributed by atoms with E-state index >= 15 is 0 Å². The number of aliphatic imine (C=N–C) groups is 3. The number of fused-ring (bicyclic) bond motifs is 1. The van der Waals surface area contributed by atoms with Crippen molar-refractivity contribution < 1.29 is 9.90 Å². The van der Waals surface area contributed by atoms with E-state index in [1.54, 1.807) is 42.6 Å². The van der Waals surface area contributed by atoms with Crippen LogP contribution >= 0.6 is 0 Å². The van der Waals surface area contributed by atoms with Crippen molar-refractivity contribution >= 4 is 23.7 Å². The predicted molar refractivity (Wildman–Crippen MR) is 92.8 cm³/mol. The molecule has 5 nitrogen and oxygen atoms in total. The molecule has 2 aromatic rings. The number of benzene rings is 2. The monoisotopic (exact) mass is 315 g/mol. The number of nitrogens with zero attached hydrogens (tertiary/aromatic N) is 3. The van der Waals surface area contributed by atoms with Crippen LogP contribution < -0.4 is 0 Å². The highest BCUT2D eigenvalue weighted by Gasteiger charge is 2.19. The Morgan fingerprint density at radius 2 is 1.54 bits per heavy atom. The molecule has 0 saturated carbocycles. The minimum Gasteiger partial charge on any atom is -0.392 e. The summed E-state index contributed by atoms with van der Waals surface area (Å²) in [7, 11) is 0. The van der Waals surface area contributed by atoms with E-state index in [0.717, 1.165) is 16.8 Å². The molecule has 2 aliphatic rings. The second-order valence-electron chi connectivity index (χ2n) is 5.46. The lowest BCUT2D eigenvalue weighted by Crippen LogP contribution is -2.03. The van der Waals surface area contributed by atoms with Gasteiger partial charge in [-0.15, -0.1) is 0 Å². The molecule has 1 N–H and O–H groups in total. The van der Waals surface area contributed by atoms with Crippen molar-refractivity contribution in [1.82, 2.24) is 0 Å². The van der Waals surface area contributed by atoms with Crippen molar-refractivity contribution in [2.45, 2.75) is 6.61 Å². The average Bonchev–Trinajstić information content (AvgIpc) is 3.23. The summed E-state index contributed by atoms with van der Waals surface area (Å²) >= 11 is 0. The van der Waals surface area contributed by atoms with Crippen LogP contribution in [-0.4, -0.2) is 28.8 Å². The molecule has 2 heterocycles. The van der Waals surface area contributed by atoms with E-state index in [4.69, 9.17) is 5.11 Å². The van der Waals surface area contributed by atoms with Gasteiger partial charge < -0.3 is 5.11 Å². The van der Waals surface area contributed by atoms with Gasteiger partial charge in [0, 0.05) is 22.9 Å². The van der Waals surface area contributed by atoms with Gasteiger partial charge in [-0.25, -0.2) is 15.0 Å². The first-order valence-corrected chi connectivity index (χ1v) is 7.51. The fourth-order valence-corrected chi connectivity index (χ4v) is 2.56. The summed E-state index contributed by atoms with van der Waals surface area (Å²) in [6.45, 7) is -0.0335. The number of hydrogen-bond donors (Lipinski definition) is 1. The van der Waals surface area contributed by atoms with E-state index < -0.39 is 0 Å². The summed E-state index contributed by atoms with van der Waals surface area (Å²) < 4.78 is 0. The van der Waals surface area contributed by atoms with E-state index in [1.165, 1.54) is 0 Å². The van der Waals surface area contributed by atoms with Crippen molar-refractivity contribution in [2.24, 2.45) is 15.0 Å². The van der Waals surface area contributed by atoms with E-state index in [-0.39, 0.29) is 12.4 Å². The molecule has 2 aromatic carbocycles. The average molecular weight is 315 g/mol. The molecule has 0 aromatic heterocycles. The smallest absolute Gasteiger partial charge is 0.193 e. The largest absolute Gasteiger partial charge is 0.392 e. The summed E-state index contributed by atoms with van der Waals surface area (Å²) in [6, 6.07) is 14.2. The molecule has 2 aliphatic heterocycles. The highest BCUT2D eigenvalue weighted by molar-refractivity contribution is 6.22. The van der Waals surface area contributed by atoms with Crippen molar-refractivity contribution in [2.75, 3.05) is 0 Å². The van der Waals surface area contributed by atoms with Crippen LogP contribution in [0, 0.1) is 0 Å². The first-order valence-electron chi connectivity index (χ1n) is 7.51. The third kappa shape index (κ3) is 2.51. The van der Waals surface area contributed by atoms with Gasteiger partial charge in [-0.3, -0.25) is 4.79 Å². The Labute approximate surface area is 138 Å². The molecular formula is C19H13N3O2. The number of carbonyl (C=O) groups excluding carboxylic acids is 1. The number of aliphatic hydroxyl groups excluding tert-OH is 1. The van der Waals surface area contributed by atoms with Gasteiger partial charge in [-0.1, -0.05) is 48.5 Å². The third-order valence-electron chi connectivity index (χ3n) is 3.90. The first kappa shape index (κ1) is 14.4. The Bertz CT molecular complexity index is 934. The van der Waals surface area contributed by atoms with E-state index in [9.17, 15) is 4.79 Å². The molecule has 0 fully saturated rings. The molecular weight excluding hydrogens is 302 g/mol. The van der Waals surface area contributed by atoms with Crippen molar-refractivity contribution in [1.29, 1.82) is 0 Å². The Morgan fingerprint density at radius 3 is 2.17 bits per heavy atom. The number of hydrogen-bond acceptors (Lipinski definition) is 5. The molecule has 5 heteroatoms. The number of rotatable bonds is 4. The second kappa shape index (κ2) is 5.79. The van der Waals surface area contributed by atoms with E-state index in [1.807, 2.05) is 18.2 Å². The van der Waals surface area contributed by atoms with Gasteiger partial charge in [0.1, 0.15) is 5.70 Å². The highest BCUT2D eigenvalue weighted by atomic mass is 16.3. The van der Waals surface area contributed by atoms with Crippen molar-refractivity contribution in [3.05, 3.63) is 82.6 Å². The molecule has 4 rings (SSSR count). The van der Waals surface area contributed by atoms with Crippen LogP contribution in [0.4, 0.5) is 0 Å². The second-order valence-corrected chi connectivity index (χ2v) is 5.46. The standard InChI is InChI=1S/C19H13N3O2/c23-11-12-1-3-13(4-2-12)17(24)14-5-7-15(8-6-14)18-21-16-9-10-20-19(16)22-18/h1-10,23H,11H2. The van der Waals surface area contributed by atoms with Crippen LogP contribution in [0.1, 0.15) is 27.0 Å². The lowest BCUT2D eigenvalue weighted by molar-refractivity contribution is 0.103. The number of carbonyl (C=O) groups is 1. The molecule has 116 valence electrons. The number of allylic oxidation sites excluding steroid dienone is 1. The Hall–Kier alpha value is -3.18. The quantitative estimate of drug-likeness (QED) is 0.880. The zero-order chi connectivity index (χ0) is 16.5. The fraction of sp³-hybridized carbons (Fsp3) is 0.0526. The first-order chi connectivity index (χ1) is 11.7. The van der Waals surface area contributed by atoms with Gasteiger partial charge in [-0.2, -0.15) is 0 Å². The molecule has 0 aliphatic carbocycles. The Kier molecular flexibility index (Phi) is 3.48. The lowest BCUT2D eigenvalue weighted by Gasteiger charge is -2.04. The van der Waals surface area contributed by atoms with Crippen molar-refractivity contribution in [3.8, 4) is 0 Å². The van der Waals surface area contributed by atoms with Gasteiger partial charge in [0.05, 0.1) is 6.61 Å². The maximum absolute atomic E-state index is 12.5. The third-order valence-corrected chi connectivity index (χ3v) is 3.90. The van der Waals surface area contributed by atoms with Gasteiger partial charge in [0.15, 0.2) is 17.5 Å². The normalized spacial score (nSPS) is 15.0. The number of ketones is 1. The summed E-state index contributed by atoms with van der Waals surface area (Å²) in [5.74, 6) is 1.18. The molecule has 0 radical (unpaired) electrons. The summed E-state index contributed by atoms with van der Waals surface area (Å²) in [5, 5.41) is 9.06. The van der Waals surface area contributed by atoms with Crippen LogP contribution in [0.3, 0.4) is 0 Å². The van der Waals surface area contributed by atoms with Crippen LogP contribution in [0.5, 0.6) is 0 Å². The topological polar surface area (TPSA) is 74.4 Å². The van der Waals surface area contributed by atoms with Crippen LogP contribution in [0.2, 0.25) is 0 Å². The highest BCUT2D eigenvalue weighted by Crippen LogP contribution is 2.20. The minimum atomic E-state index is -0.0603. The molecule has 24 heavy (non-hydrogen) atoms. The summed E-state index contributed by atoms with van der Waals surface area (Å²) in [5.41, 5.74) is 3.59. The summed E-state index contributed by atoms with van der Waals surface area (Å²) in [6.07, 6.45) is 3.50. The zero-order valence-corrected chi connectivity index (χ0v) is 12.7. The lowest BCUT2D eigenvalue weighted by atomic mass is 10.0. The minimum absolute atomic E-state index is 0.0335. The molecule has 0 saturated heterocycles. The Balaban J connectivity index is 1.56. The van der Waals surface area contributed by atoms with Gasteiger partial charge in [0.2, 0.25) is 0 Å². The fourth-order valence-electron chi connectivity index (χ4n) is 2.56. The SMILES string of the molecule is O=C(c1ccc(CO)cc1)c1ccc(C2=NC3=CC=NC3=N2)cc1. The van der Waals surface area contributed by atoms with Crippen LogP contribution in [0.15, 0.2) is 75.3 Å². The summed E-state index contributed by atoms with van der Waals surface area (Å²) in [4.78, 5) is 25.4. The maximum atomic E-state index is 12.5. The zero-order valence-electron chi connectivity index (χ0n) is 12.7. The van der Waals surface area contributed by atoms with Crippen LogP contribution in [0.25, 0.3) is 0 Å².